The molecule has 0 aliphatic heterocycles. The summed E-state index contributed by atoms with van der Waals surface area (Å²) >= 11 is 0. The number of methoxy groups -OCH3 is 1. The molecule has 2 N–H and O–H groups in total. The third-order valence-corrected chi connectivity index (χ3v) is 1.61. The van der Waals surface area contributed by atoms with Crippen LogP contribution in [0.2, 0.25) is 0 Å². The van der Waals surface area contributed by atoms with Crippen molar-refractivity contribution in [3.05, 3.63) is 18.7 Å². The predicted molar refractivity (Wildman–Crippen MR) is 55.4 cm³/mol. The first kappa shape index (κ1) is 11.5. The average Bonchev–Trinajstić information content (AvgIpc) is 2.26. The molecule has 0 atom stereocenters. The molecule has 0 aromatic carbocycles. The highest BCUT2D eigenvalue weighted by atomic mass is 16.5. The number of carbonyl (C=O) groups is 1. The zero-order chi connectivity index (χ0) is 10.9. The number of nitrogens with one attached hydrogen (secondary N) is 2. The first-order chi connectivity index (χ1) is 7.33. The first-order valence-corrected chi connectivity index (χ1v) is 4.57. The van der Waals surface area contributed by atoms with Crippen molar-refractivity contribution in [2.75, 3.05) is 32.1 Å². The molecule has 1 amide bonds. The fraction of sp³-hybridized carbons (Fsp3) is 0.444. The van der Waals surface area contributed by atoms with Crippen molar-refractivity contribution in [3.8, 4) is 0 Å². The Hall–Kier alpha value is -1.53. The van der Waals surface area contributed by atoms with E-state index >= 15 is 0 Å². The van der Waals surface area contributed by atoms with Gasteiger partial charge in [-0.05, 0) is 0 Å². The molecule has 0 saturated heterocycles. The summed E-state index contributed by atoms with van der Waals surface area (Å²) in [7, 11) is 1.61. The monoisotopic (exact) mass is 210 g/mol. The maximum Gasteiger partial charge on any atom is 0.238 e. The molecule has 0 unspecified atom stereocenters. The third kappa shape index (κ3) is 5.04. The highest BCUT2D eigenvalue weighted by Crippen LogP contribution is 1.98. The fourth-order valence-corrected chi connectivity index (χ4v) is 0.945. The maximum absolute atomic E-state index is 11.3. The molecule has 0 aliphatic carbocycles. The van der Waals surface area contributed by atoms with Gasteiger partial charge < -0.3 is 15.4 Å². The van der Waals surface area contributed by atoms with Crippen molar-refractivity contribution in [2.45, 2.75) is 0 Å². The van der Waals surface area contributed by atoms with Gasteiger partial charge in [0.1, 0.15) is 6.33 Å². The Balaban J connectivity index is 2.19. The molecular formula is C9H14N4O2. The molecule has 1 aromatic heterocycles. The smallest absolute Gasteiger partial charge is 0.238 e. The van der Waals surface area contributed by atoms with Gasteiger partial charge in [-0.25, -0.2) is 9.97 Å². The average molecular weight is 210 g/mol. The first-order valence-electron chi connectivity index (χ1n) is 4.57. The van der Waals surface area contributed by atoms with Crippen molar-refractivity contribution >= 4 is 11.6 Å². The lowest BCUT2D eigenvalue weighted by Crippen LogP contribution is -2.30. The molecule has 0 fully saturated rings. The third-order valence-electron chi connectivity index (χ3n) is 1.61. The van der Waals surface area contributed by atoms with E-state index in [1.807, 2.05) is 0 Å². The van der Waals surface area contributed by atoms with E-state index in [9.17, 15) is 4.79 Å². The Morgan fingerprint density at radius 1 is 1.47 bits per heavy atom. The van der Waals surface area contributed by atoms with Crippen LogP contribution in [-0.4, -0.2) is 42.7 Å². The molecule has 1 rings (SSSR count). The van der Waals surface area contributed by atoms with E-state index in [4.69, 9.17) is 4.74 Å². The van der Waals surface area contributed by atoms with Crippen LogP contribution in [0.15, 0.2) is 18.7 Å². The normalized spacial score (nSPS) is 9.93. The van der Waals surface area contributed by atoms with Gasteiger partial charge in [-0.1, -0.05) is 0 Å². The second-order valence-corrected chi connectivity index (χ2v) is 2.84. The molecule has 1 aromatic rings. The summed E-state index contributed by atoms with van der Waals surface area (Å²) in [5.74, 6) is -0.124. The molecule has 6 heteroatoms. The van der Waals surface area contributed by atoms with Gasteiger partial charge in [-0.15, -0.1) is 0 Å². The second-order valence-electron chi connectivity index (χ2n) is 2.84. The summed E-state index contributed by atoms with van der Waals surface area (Å²) in [5, 5.41) is 5.58. The molecule has 0 saturated carbocycles. The van der Waals surface area contributed by atoms with Crippen molar-refractivity contribution < 1.29 is 9.53 Å². The molecule has 15 heavy (non-hydrogen) atoms. The SMILES string of the molecule is COCCNCC(=O)Nc1cncnc1. The number of rotatable bonds is 6. The van der Waals surface area contributed by atoms with E-state index in [1.165, 1.54) is 6.33 Å². The van der Waals surface area contributed by atoms with Crippen LogP contribution in [-0.2, 0) is 9.53 Å². The van der Waals surface area contributed by atoms with Crippen molar-refractivity contribution in [3.63, 3.8) is 0 Å². The van der Waals surface area contributed by atoms with Crippen LogP contribution in [0.4, 0.5) is 5.69 Å². The number of aromatic nitrogens is 2. The summed E-state index contributed by atoms with van der Waals surface area (Å²) in [4.78, 5) is 18.9. The standard InChI is InChI=1S/C9H14N4O2/c1-15-3-2-10-6-9(14)13-8-4-11-7-12-5-8/h4-5,7,10H,2-3,6H2,1H3,(H,13,14). The molecule has 6 nitrogen and oxygen atoms in total. The number of nitrogens with zero attached hydrogens (tertiary/aromatic N) is 2. The van der Waals surface area contributed by atoms with Gasteiger partial charge in [0.15, 0.2) is 0 Å². The van der Waals surface area contributed by atoms with Crippen LogP contribution >= 0.6 is 0 Å². The zero-order valence-corrected chi connectivity index (χ0v) is 8.56. The molecule has 1 heterocycles. The van der Waals surface area contributed by atoms with E-state index in [-0.39, 0.29) is 12.5 Å². The zero-order valence-electron chi connectivity index (χ0n) is 8.56. The number of carbonyl (C=O) groups excluding carboxylic acids is 1. The Morgan fingerprint density at radius 2 is 2.20 bits per heavy atom. The van der Waals surface area contributed by atoms with Gasteiger partial charge in [0.25, 0.3) is 0 Å². The highest BCUT2D eigenvalue weighted by molar-refractivity contribution is 5.91. The Bertz CT molecular complexity index is 291. The molecule has 0 spiro atoms. The van der Waals surface area contributed by atoms with E-state index in [1.54, 1.807) is 19.5 Å². The Morgan fingerprint density at radius 3 is 2.87 bits per heavy atom. The Labute approximate surface area is 88.1 Å². The van der Waals surface area contributed by atoms with Crippen LogP contribution in [0.1, 0.15) is 0 Å². The van der Waals surface area contributed by atoms with Crippen LogP contribution in [0.3, 0.4) is 0 Å². The number of hydrogen-bond donors (Lipinski definition) is 2. The van der Waals surface area contributed by atoms with Gasteiger partial charge in [-0.2, -0.15) is 0 Å². The molecule has 0 bridgehead atoms. The minimum Gasteiger partial charge on any atom is -0.383 e. The van der Waals surface area contributed by atoms with Crippen LogP contribution in [0.5, 0.6) is 0 Å². The van der Waals surface area contributed by atoms with Crippen molar-refractivity contribution in [1.82, 2.24) is 15.3 Å². The number of amides is 1. The molecule has 0 radical (unpaired) electrons. The van der Waals surface area contributed by atoms with Crippen molar-refractivity contribution in [2.24, 2.45) is 0 Å². The van der Waals surface area contributed by atoms with E-state index in [2.05, 4.69) is 20.6 Å². The fourth-order valence-electron chi connectivity index (χ4n) is 0.945. The van der Waals surface area contributed by atoms with Gasteiger partial charge in [-0.3, -0.25) is 4.79 Å². The maximum atomic E-state index is 11.3. The predicted octanol–water partition coefficient (Wildman–Crippen LogP) is -0.349. The van der Waals surface area contributed by atoms with Gasteiger partial charge >= 0.3 is 0 Å². The van der Waals surface area contributed by atoms with Gasteiger partial charge in [0.05, 0.1) is 31.2 Å². The van der Waals surface area contributed by atoms with Crippen LogP contribution in [0, 0.1) is 0 Å². The summed E-state index contributed by atoms with van der Waals surface area (Å²) in [5.41, 5.74) is 0.594. The molecular weight excluding hydrogens is 196 g/mol. The summed E-state index contributed by atoms with van der Waals surface area (Å²) in [6, 6.07) is 0. The number of hydrogen-bond acceptors (Lipinski definition) is 5. The minimum absolute atomic E-state index is 0.124. The second kappa shape index (κ2) is 6.86. The molecule has 82 valence electrons. The van der Waals surface area contributed by atoms with E-state index in [0.29, 0.717) is 18.8 Å². The van der Waals surface area contributed by atoms with Gasteiger partial charge in [0.2, 0.25) is 5.91 Å². The summed E-state index contributed by atoms with van der Waals surface area (Å²) in [6.45, 7) is 1.48. The lowest BCUT2D eigenvalue weighted by molar-refractivity contribution is -0.115. The van der Waals surface area contributed by atoms with Crippen LogP contribution in [0.25, 0.3) is 0 Å². The lowest BCUT2D eigenvalue weighted by atomic mass is 10.5. The van der Waals surface area contributed by atoms with Crippen molar-refractivity contribution in [1.29, 1.82) is 0 Å². The number of ether oxygens (including phenoxy) is 1. The van der Waals surface area contributed by atoms with E-state index < -0.39 is 0 Å². The Kier molecular flexibility index (Phi) is 5.28. The van der Waals surface area contributed by atoms with E-state index in [0.717, 1.165) is 0 Å². The number of anilines is 1. The minimum atomic E-state index is -0.124. The van der Waals surface area contributed by atoms with Gasteiger partial charge in [0, 0.05) is 13.7 Å². The largest absolute Gasteiger partial charge is 0.383 e. The quantitative estimate of drug-likeness (QED) is 0.628. The lowest BCUT2D eigenvalue weighted by Gasteiger charge is -2.05. The highest BCUT2D eigenvalue weighted by Gasteiger charge is 2.00. The summed E-state index contributed by atoms with van der Waals surface area (Å²) in [6.07, 6.45) is 4.49. The van der Waals surface area contributed by atoms with Crippen LogP contribution < -0.4 is 10.6 Å². The topological polar surface area (TPSA) is 76.1 Å². The molecule has 0 aliphatic rings. The summed E-state index contributed by atoms with van der Waals surface area (Å²) < 4.78 is 4.83.